The summed E-state index contributed by atoms with van der Waals surface area (Å²) in [4.78, 5) is 10.5. The highest BCUT2D eigenvalue weighted by Crippen LogP contribution is 2.53. The summed E-state index contributed by atoms with van der Waals surface area (Å²) < 4.78 is 8.53. The molecule has 1 aliphatic rings. The van der Waals surface area contributed by atoms with E-state index >= 15 is 0 Å². The molecule has 5 heteroatoms. The molecule has 0 atom stereocenters. The second-order valence-electron chi connectivity index (χ2n) is 11.7. The highest BCUT2D eigenvalue weighted by atomic mass is 16.3. The van der Waals surface area contributed by atoms with Crippen LogP contribution in [-0.2, 0) is 5.41 Å². The largest absolute Gasteiger partial charge is 0.436 e. The smallest absolute Gasteiger partial charge is 0.247 e. The number of rotatable bonds is 2. The molecule has 0 amide bonds. The van der Waals surface area contributed by atoms with Crippen LogP contribution >= 0.6 is 0 Å². The van der Waals surface area contributed by atoms with Gasteiger partial charge in [0.25, 0.3) is 0 Å². The number of nitriles is 1. The fourth-order valence-electron chi connectivity index (χ4n) is 7.10. The Hall–Kier alpha value is -5.73. The topological polar surface area (TPSA) is 67.6 Å². The van der Waals surface area contributed by atoms with Crippen molar-refractivity contribution >= 4 is 44.0 Å². The molecule has 8 aromatic rings. The van der Waals surface area contributed by atoms with Gasteiger partial charge >= 0.3 is 0 Å². The lowest BCUT2D eigenvalue weighted by molar-refractivity contribution is 0.653. The molecular formula is C38H24N4O. The van der Waals surface area contributed by atoms with Crippen LogP contribution in [0.2, 0.25) is 0 Å². The lowest BCUT2D eigenvalue weighted by Crippen LogP contribution is -2.17. The predicted octanol–water partition coefficient (Wildman–Crippen LogP) is 9.32. The van der Waals surface area contributed by atoms with Crippen LogP contribution in [0.1, 0.15) is 30.5 Å². The number of benzene rings is 5. The molecule has 0 fully saturated rings. The van der Waals surface area contributed by atoms with Crippen LogP contribution < -0.4 is 0 Å². The molecule has 0 radical (unpaired) electrons. The Morgan fingerprint density at radius 2 is 1.47 bits per heavy atom. The van der Waals surface area contributed by atoms with Gasteiger partial charge in [0.05, 0.1) is 22.7 Å². The summed E-state index contributed by atoms with van der Waals surface area (Å²) in [7, 11) is 0. The van der Waals surface area contributed by atoms with Crippen molar-refractivity contribution in [2.45, 2.75) is 19.3 Å². The molecule has 202 valence electrons. The van der Waals surface area contributed by atoms with Gasteiger partial charge in [0.15, 0.2) is 5.82 Å². The summed E-state index contributed by atoms with van der Waals surface area (Å²) in [6.45, 7) is 4.64. The minimum Gasteiger partial charge on any atom is -0.436 e. The summed E-state index contributed by atoms with van der Waals surface area (Å²) in [5, 5.41) is 12.7. The average Bonchev–Trinajstić information content (AvgIpc) is 3.66. The van der Waals surface area contributed by atoms with Crippen LogP contribution in [0.3, 0.4) is 0 Å². The van der Waals surface area contributed by atoms with E-state index in [0.29, 0.717) is 17.0 Å². The van der Waals surface area contributed by atoms with Crippen LogP contribution in [-0.4, -0.2) is 14.5 Å². The molecule has 43 heavy (non-hydrogen) atoms. The van der Waals surface area contributed by atoms with E-state index in [-0.39, 0.29) is 5.41 Å². The Morgan fingerprint density at radius 3 is 2.30 bits per heavy atom. The normalized spacial score (nSPS) is 13.5. The molecule has 0 aliphatic heterocycles. The Bertz CT molecular complexity index is 2490. The van der Waals surface area contributed by atoms with E-state index in [4.69, 9.17) is 14.4 Å². The average molecular weight is 553 g/mol. The van der Waals surface area contributed by atoms with E-state index in [1.165, 1.54) is 27.6 Å². The molecule has 0 saturated heterocycles. The Kier molecular flexibility index (Phi) is 4.68. The van der Waals surface area contributed by atoms with Crippen molar-refractivity contribution < 1.29 is 4.42 Å². The maximum Gasteiger partial charge on any atom is 0.247 e. The minimum atomic E-state index is -0.230. The molecule has 1 aliphatic carbocycles. The van der Waals surface area contributed by atoms with Gasteiger partial charge in [-0.3, -0.25) is 4.57 Å². The predicted molar refractivity (Wildman–Crippen MR) is 171 cm³/mol. The fraction of sp³-hybridized carbons (Fsp3) is 0.0789. The molecule has 0 bridgehead atoms. The highest BCUT2D eigenvalue weighted by Gasteiger charge is 2.38. The minimum absolute atomic E-state index is 0.230. The van der Waals surface area contributed by atoms with Crippen LogP contribution in [0.5, 0.6) is 0 Å². The fourth-order valence-corrected chi connectivity index (χ4v) is 7.10. The van der Waals surface area contributed by atoms with E-state index in [1.807, 2.05) is 48.5 Å². The summed E-state index contributed by atoms with van der Waals surface area (Å²) >= 11 is 0. The van der Waals surface area contributed by atoms with Crippen molar-refractivity contribution in [1.82, 2.24) is 14.5 Å². The number of furan rings is 1. The second-order valence-corrected chi connectivity index (χ2v) is 11.7. The van der Waals surface area contributed by atoms with Gasteiger partial charge < -0.3 is 4.42 Å². The zero-order valence-electron chi connectivity index (χ0n) is 23.6. The number of hydrogen-bond donors (Lipinski definition) is 0. The third kappa shape index (κ3) is 3.15. The van der Waals surface area contributed by atoms with Gasteiger partial charge in [-0.2, -0.15) is 5.26 Å². The van der Waals surface area contributed by atoms with Crippen LogP contribution in [0.25, 0.3) is 72.2 Å². The van der Waals surface area contributed by atoms with E-state index in [0.717, 1.165) is 44.3 Å². The molecule has 0 N–H and O–H groups in total. The van der Waals surface area contributed by atoms with Crippen molar-refractivity contribution in [3.63, 3.8) is 0 Å². The van der Waals surface area contributed by atoms with E-state index in [9.17, 15) is 5.26 Å². The molecule has 5 aromatic carbocycles. The first-order valence-corrected chi connectivity index (χ1v) is 14.4. The van der Waals surface area contributed by atoms with Crippen LogP contribution in [0.4, 0.5) is 0 Å². The van der Waals surface area contributed by atoms with Crippen LogP contribution in [0.15, 0.2) is 114 Å². The molecule has 9 rings (SSSR count). The summed E-state index contributed by atoms with van der Waals surface area (Å²) in [5.74, 6) is 0.732. The lowest BCUT2D eigenvalue weighted by atomic mass is 9.81. The van der Waals surface area contributed by atoms with Crippen molar-refractivity contribution in [3.8, 4) is 34.3 Å². The molecule has 5 nitrogen and oxygen atoms in total. The highest BCUT2D eigenvalue weighted by molar-refractivity contribution is 6.13. The SMILES string of the molecule is CC1(C)c2ccccc2-c2ccc3c4ccccc4n(-c4nc5c(nc4-c4ccc(C#N)cc4)oc4ccccc45)c3c21. The van der Waals surface area contributed by atoms with Gasteiger partial charge in [0, 0.05) is 27.1 Å². The third-order valence-corrected chi connectivity index (χ3v) is 9.05. The second kappa shape index (κ2) is 8.40. The lowest BCUT2D eigenvalue weighted by Gasteiger charge is -2.23. The molecule has 0 saturated carbocycles. The van der Waals surface area contributed by atoms with E-state index < -0.39 is 0 Å². The Balaban J connectivity index is 1.48. The first-order valence-electron chi connectivity index (χ1n) is 14.4. The molecular weight excluding hydrogens is 528 g/mol. The molecule has 0 unspecified atom stereocenters. The van der Waals surface area contributed by atoms with E-state index in [1.54, 1.807) is 0 Å². The van der Waals surface area contributed by atoms with Gasteiger partial charge in [-0.25, -0.2) is 9.97 Å². The molecule has 3 heterocycles. The maximum atomic E-state index is 9.48. The van der Waals surface area contributed by atoms with Gasteiger partial charge in [-0.05, 0) is 52.6 Å². The number of fused-ring (bicyclic) bond motifs is 10. The Labute approximate surface area is 247 Å². The maximum absolute atomic E-state index is 9.48. The van der Waals surface area contributed by atoms with E-state index in [2.05, 4.69) is 85.1 Å². The summed E-state index contributed by atoms with van der Waals surface area (Å²) in [5.41, 5.74) is 11.2. The first-order chi connectivity index (χ1) is 21.0. The van der Waals surface area contributed by atoms with Crippen molar-refractivity contribution in [2.24, 2.45) is 0 Å². The zero-order chi connectivity index (χ0) is 28.9. The third-order valence-electron chi connectivity index (χ3n) is 9.05. The quantitative estimate of drug-likeness (QED) is 0.214. The molecule has 0 spiro atoms. The standard InChI is InChI=1S/C38H24N4O/c1-38(2)29-12-6-3-9-24(29)26-19-20-27-25-10-4-7-13-30(25)42(35(27)32(26)38)36-33(23-17-15-22(21-39)16-18-23)41-37-34(40-36)28-11-5-8-14-31(28)43-37/h3-20H,1-2H3. The van der Waals surface area contributed by atoms with Crippen molar-refractivity contribution in [1.29, 1.82) is 5.26 Å². The van der Waals surface area contributed by atoms with Gasteiger partial charge in [-0.15, -0.1) is 0 Å². The van der Waals surface area contributed by atoms with Gasteiger partial charge in [0.2, 0.25) is 5.71 Å². The van der Waals surface area contributed by atoms with Crippen molar-refractivity contribution in [2.75, 3.05) is 0 Å². The summed E-state index contributed by atoms with van der Waals surface area (Å²) in [6, 6.07) is 39.5. The van der Waals surface area contributed by atoms with Gasteiger partial charge in [0.1, 0.15) is 16.8 Å². The Morgan fingerprint density at radius 1 is 0.721 bits per heavy atom. The number of para-hydroxylation sites is 2. The van der Waals surface area contributed by atoms with Gasteiger partial charge in [-0.1, -0.05) is 92.7 Å². The van der Waals surface area contributed by atoms with Crippen molar-refractivity contribution in [3.05, 3.63) is 126 Å². The van der Waals surface area contributed by atoms with Crippen LogP contribution in [0, 0.1) is 11.3 Å². The number of nitrogens with zero attached hydrogens (tertiary/aromatic N) is 4. The number of hydrogen-bond acceptors (Lipinski definition) is 4. The zero-order valence-corrected chi connectivity index (χ0v) is 23.6. The number of aromatic nitrogens is 3. The molecule has 3 aromatic heterocycles. The first kappa shape index (κ1) is 23.9. The summed E-state index contributed by atoms with van der Waals surface area (Å²) in [6.07, 6.45) is 0. The monoisotopic (exact) mass is 552 g/mol.